The van der Waals surface area contributed by atoms with Crippen molar-refractivity contribution in [3.05, 3.63) is 70.3 Å². The second-order valence-corrected chi connectivity index (χ2v) is 24.3. The van der Waals surface area contributed by atoms with Gasteiger partial charge in [0.15, 0.2) is 0 Å². The van der Waals surface area contributed by atoms with Gasteiger partial charge in [0.2, 0.25) is 18.3 Å². The van der Waals surface area contributed by atoms with Crippen LogP contribution >= 0.6 is 11.6 Å². The molecule has 0 amide bonds. The minimum Gasteiger partial charge on any atom is -0.490 e. The predicted octanol–water partition coefficient (Wildman–Crippen LogP) is 9.50. The second-order valence-electron chi connectivity index (χ2n) is 16.6. The first-order valence-corrected chi connectivity index (χ1v) is 23.5. The molecular weight excluding hydrogens is 712 g/mol. The molecule has 52 heavy (non-hydrogen) atoms. The summed E-state index contributed by atoms with van der Waals surface area (Å²) in [5, 5.41) is 15.7. The number of benzene rings is 2. The van der Waals surface area contributed by atoms with Gasteiger partial charge in [0.1, 0.15) is 5.75 Å². The normalized spacial score (nSPS) is 23.3. The molecule has 1 spiro atoms. The van der Waals surface area contributed by atoms with Gasteiger partial charge >= 0.3 is 5.97 Å². The largest absolute Gasteiger partial charge is 0.490 e. The van der Waals surface area contributed by atoms with Crippen molar-refractivity contribution in [2.24, 2.45) is 17.0 Å². The number of anilines is 1. The highest BCUT2D eigenvalue weighted by Gasteiger charge is 2.47. The highest BCUT2D eigenvalue weighted by atomic mass is 35.5. The SMILES string of the molecule is CC[C@H](CC[C@H](/C=C/[C@@H]1CC[C@H]1CN1C[C@@]2(CCCc3cc(Cl)ccc32)COc2ccc(C(=O)O)cc21)O[Si](C(C)C)(C(C)C)C(C)C)S(N)(=O)=O. The van der Waals surface area contributed by atoms with Crippen LogP contribution in [0.1, 0.15) is 115 Å². The van der Waals surface area contributed by atoms with Crippen LogP contribution in [0.2, 0.25) is 21.6 Å². The molecular formula is C41H61ClN2O6SSi. The lowest BCUT2D eigenvalue weighted by molar-refractivity contribution is 0.0697. The van der Waals surface area contributed by atoms with E-state index in [1.54, 1.807) is 12.1 Å². The zero-order valence-corrected chi connectivity index (χ0v) is 34.8. The quantitative estimate of drug-likeness (QED) is 0.137. The van der Waals surface area contributed by atoms with Crippen LogP contribution in [0.25, 0.3) is 0 Å². The molecule has 1 aliphatic heterocycles. The van der Waals surface area contributed by atoms with E-state index in [1.807, 2.05) is 19.1 Å². The number of fused-ring (bicyclic) bond motifs is 3. The number of aromatic carboxylic acids is 1. The number of allylic oxidation sites excluding steroid dienone is 1. The molecule has 1 heterocycles. The van der Waals surface area contributed by atoms with E-state index in [0.29, 0.717) is 54.3 Å². The number of carboxylic acids is 1. The van der Waals surface area contributed by atoms with Crippen molar-refractivity contribution in [3.8, 4) is 5.75 Å². The van der Waals surface area contributed by atoms with Gasteiger partial charge in [-0.3, -0.25) is 0 Å². The third-order valence-corrected chi connectivity index (χ3v) is 20.4. The summed E-state index contributed by atoms with van der Waals surface area (Å²) < 4.78 is 38.6. The van der Waals surface area contributed by atoms with Gasteiger partial charge in [-0.1, -0.05) is 78.3 Å². The summed E-state index contributed by atoms with van der Waals surface area (Å²) in [6, 6.07) is 11.5. The fraction of sp³-hybridized carbons (Fsp3) is 0.634. The zero-order valence-electron chi connectivity index (χ0n) is 32.2. The van der Waals surface area contributed by atoms with Crippen molar-refractivity contribution in [1.82, 2.24) is 0 Å². The molecule has 0 saturated heterocycles. The van der Waals surface area contributed by atoms with E-state index in [-0.39, 0.29) is 17.1 Å². The van der Waals surface area contributed by atoms with E-state index in [9.17, 15) is 18.3 Å². The van der Waals surface area contributed by atoms with Crippen LogP contribution in [-0.4, -0.2) is 58.9 Å². The van der Waals surface area contributed by atoms with Gasteiger partial charge in [-0.25, -0.2) is 18.4 Å². The molecule has 8 nitrogen and oxygen atoms in total. The van der Waals surface area contributed by atoms with Crippen LogP contribution in [0, 0.1) is 11.8 Å². The van der Waals surface area contributed by atoms with Crippen molar-refractivity contribution in [2.75, 3.05) is 24.6 Å². The molecule has 0 aromatic heterocycles. The van der Waals surface area contributed by atoms with Crippen LogP contribution < -0.4 is 14.8 Å². The first-order valence-electron chi connectivity index (χ1n) is 19.4. The number of nitrogens with zero attached hydrogens (tertiary/aromatic N) is 1. The Hall–Kier alpha value is -2.37. The molecule has 3 aliphatic rings. The Bertz CT molecular complexity index is 1690. The van der Waals surface area contributed by atoms with Gasteiger partial charge in [0, 0.05) is 23.5 Å². The Morgan fingerprint density at radius 1 is 1.10 bits per heavy atom. The topological polar surface area (TPSA) is 119 Å². The smallest absolute Gasteiger partial charge is 0.335 e. The molecule has 1 fully saturated rings. The van der Waals surface area contributed by atoms with E-state index >= 15 is 0 Å². The molecule has 3 N–H and O–H groups in total. The number of hydrogen-bond donors (Lipinski definition) is 2. The summed E-state index contributed by atoms with van der Waals surface area (Å²) in [5.74, 6) is 0.451. The molecule has 2 aromatic carbocycles. The predicted molar refractivity (Wildman–Crippen MR) is 215 cm³/mol. The van der Waals surface area contributed by atoms with Crippen LogP contribution in [0.15, 0.2) is 48.6 Å². The number of hydrogen-bond acceptors (Lipinski definition) is 6. The van der Waals surface area contributed by atoms with Gasteiger partial charge in [-0.15, -0.1) is 0 Å². The molecule has 0 radical (unpaired) electrons. The number of carbonyl (C=O) groups is 1. The van der Waals surface area contributed by atoms with Gasteiger partial charge in [-0.05, 0) is 121 Å². The van der Waals surface area contributed by atoms with E-state index < -0.39 is 29.6 Å². The summed E-state index contributed by atoms with van der Waals surface area (Å²) in [4.78, 5) is 14.5. The van der Waals surface area contributed by atoms with Gasteiger partial charge in [0.25, 0.3) is 0 Å². The summed E-state index contributed by atoms with van der Waals surface area (Å²) >= 11 is 6.45. The van der Waals surface area contributed by atoms with E-state index in [4.69, 9.17) is 25.9 Å². The first-order chi connectivity index (χ1) is 24.5. The number of rotatable bonds is 15. The van der Waals surface area contributed by atoms with Gasteiger partial charge in [0.05, 0.1) is 29.2 Å². The minimum absolute atomic E-state index is 0.199. The highest BCUT2D eigenvalue weighted by Crippen LogP contribution is 2.47. The fourth-order valence-corrected chi connectivity index (χ4v) is 16.3. The Morgan fingerprint density at radius 3 is 2.40 bits per heavy atom. The lowest BCUT2D eigenvalue weighted by Gasteiger charge is -2.45. The molecule has 0 unspecified atom stereocenters. The lowest BCUT2D eigenvalue weighted by atomic mass is 9.69. The summed E-state index contributed by atoms with van der Waals surface area (Å²) in [7, 11) is -5.91. The first kappa shape index (κ1) is 40.8. The molecule has 11 heteroatoms. The maximum atomic E-state index is 12.4. The Morgan fingerprint density at radius 2 is 1.81 bits per heavy atom. The summed E-state index contributed by atoms with van der Waals surface area (Å²) in [5.41, 5.74) is 4.59. The third-order valence-electron chi connectivity index (χ3n) is 12.5. The van der Waals surface area contributed by atoms with Crippen molar-refractivity contribution < 1.29 is 27.5 Å². The molecule has 2 aromatic rings. The van der Waals surface area contributed by atoms with Crippen molar-refractivity contribution >= 4 is 41.6 Å². The van der Waals surface area contributed by atoms with Gasteiger partial charge in [-0.2, -0.15) is 0 Å². The third kappa shape index (κ3) is 8.62. The van der Waals surface area contributed by atoms with Crippen LogP contribution in [0.5, 0.6) is 5.75 Å². The average molecular weight is 774 g/mol. The number of primary sulfonamides is 1. The number of aryl methyl sites for hydroxylation is 1. The molecule has 5 atom stereocenters. The van der Waals surface area contributed by atoms with Crippen molar-refractivity contribution in [3.63, 3.8) is 0 Å². The van der Waals surface area contributed by atoms with E-state index in [0.717, 1.165) is 61.7 Å². The number of ether oxygens (including phenoxy) is 1. The average Bonchev–Trinajstić information content (AvgIpc) is 3.21. The van der Waals surface area contributed by atoms with E-state index in [2.05, 4.69) is 70.7 Å². The second kappa shape index (κ2) is 16.6. The highest BCUT2D eigenvalue weighted by molar-refractivity contribution is 7.89. The standard InChI is InChI=1S/C41H61ClN2O6SSi/c1-8-36(51(43,47)48)18-17-35(50-52(27(2)3,28(4)5)29(6)7)16-13-30-11-12-33(30)24-44-25-41(21-9-10-31-22-34(42)15-19-37(31)41)26-49-39-20-14-32(40(45)46)23-38(39)44/h13-16,19-20,22-23,27-30,33,35-36H,8-12,17-18,21,24-26H2,1-7H3,(H,45,46)(H2,43,47,48)/b16-13+/t30-,33-,35-,36+,41-/m0/s1. The molecule has 0 bridgehead atoms. The maximum absolute atomic E-state index is 12.4. The van der Waals surface area contributed by atoms with Crippen LogP contribution in [0.3, 0.4) is 0 Å². The van der Waals surface area contributed by atoms with Gasteiger partial charge < -0.3 is 19.2 Å². The molecule has 2 aliphatic carbocycles. The Kier molecular flexibility index (Phi) is 13.0. The number of nitrogens with two attached hydrogens (primary N) is 1. The fourth-order valence-electron chi connectivity index (χ4n) is 9.69. The Labute approximate surface area is 318 Å². The van der Waals surface area contributed by atoms with Crippen LogP contribution in [0.4, 0.5) is 5.69 Å². The van der Waals surface area contributed by atoms with Crippen molar-refractivity contribution in [2.45, 2.75) is 133 Å². The Balaban J connectivity index is 1.44. The molecule has 1 saturated carbocycles. The van der Waals surface area contributed by atoms with Crippen molar-refractivity contribution in [1.29, 1.82) is 0 Å². The monoisotopic (exact) mass is 772 g/mol. The summed E-state index contributed by atoms with van der Waals surface area (Å²) in [6.07, 6.45) is 11.0. The number of halogens is 1. The minimum atomic E-state index is -3.65. The number of carboxylic acid groups (broad SMARTS) is 1. The van der Waals surface area contributed by atoms with Crippen LogP contribution in [-0.2, 0) is 26.3 Å². The molecule has 288 valence electrons. The zero-order chi connectivity index (χ0) is 38.0. The number of sulfonamides is 1. The van der Waals surface area contributed by atoms with E-state index in [1.165, 1.54) is 11.1 Å². The lowest BCUT2D eigenvalue weighted by Crippen LogP contribution is -2.50. The maximum Gasteiger partial charge on any atom is 0.335 e. The summed E-state index contributed by atoms with van der Waals surface area (Å²) in [6.45, 7) is 17.6. The molecule has 5 rings (SSSR count).